The van der Waals surface area contributed by atoms with Gasteiger partial charge in [0.05, 0.1) is 12.6 Å². The summed E-state index contributed by atoms with van der Waals surface area (Å²) in [6.45, 7) is 3.70. The van der Waals surface area contributed by atoms with Gasteiger partial charge in [-0.05, 0) is 13.8 Å². The summed E-state index contributed by atoms with van der Waals surface area (Å²) in [4.78, 5) is 26.5. The lowest BCUT2D eigenvalue weighted by molar-refractivity contribution is -0.141. The molecule has 1 aromatic rings. The Morgan fingerprint density at radius 2 is 2.35 bits per heavy atom. The minimum absolute atomic E-state index is 0.135. The maximum atomic E-state index is 11.4. The molecule has 1 rings (SSSR count). The van der Waals surface area contributed by atoms with Crippen LogP contribution >= 0.6 is 11.3 Å². The van der Waals surface area contributed by atoms with Gasteiger partial charge in [0, 0.05) is 11.6 Å². The van der Waals surface area contributed by atoms with Crippen LogP contribution in [0, 0.1) is 0 Å². The number of urea groups is 1. The van der Waals surface area contributed by atoms with Crippen LogP contribution in [0.4, 0.5) is 4.79 Å². The summed E-state index contributed by atoms with van der Waals surface area (Å²) < 4.78 is 4.68. The van der Waals surface area contributed by atoms with Gasteiger partial charge in [0.2, 0.25) is 0 Å². The van der Waals surface area contributed by atoms with Crippen LogP contribution in [0.5, 0.6) is 0 Å². The molecule has 0 aliphatic carbocycles. The van der Waals surface area contributed by atoms with Crippen molar-refractivity contribution >= 4 is 23.3 Å². The SMILES string of the molecule is CCOC(=O)CNC(=O)NC(C)c1nccs1. The summed E-state index contributed by atoms with van der Waals surface area (Å²) in [6, 6.07) is -0.599. The molecule has 0 aliphatic rings. The van der Waals surface area contributed by atoms with Crippen molar-refractivity contribution in [2.75, 3.05) is 13.2 Å². The summed E-state index contributed by atoms with van der Waals surface area (Å²) in [6.07, 6.45) is 1.68. The second-order valence-electron chi connectivity index (χ2n) is 3.22. The first-order chi connectivity index (χ1) is 8.13. The highest BCUT2D eigenvalue weighted by atomic mass is 32.1. The minimum Gasteiger partial charge on any atom is -0.465 e. The Bertz CT molecular complexity index is 367. The van der Waals surface area contributed by atoms with Crippen LogP contribution in [0.1, 0.15) is 24.9 Å². The molecule has 7 heteroatoms. The largest absolute Gasteiger partial charge is 0.465 e. The van der Waals surface area contributed by atoms with E-state index >= 15 is 0 Å². The maximum absolute atomic E-state index is 11.4. The second kappa shape index (κ2) is 6.85. The van der Waals surface area contributed by atoms with Crippen molar-refractivity contribution in [3.05, 3.63) is 16.6 Å². The molecule has 0 aliphatic heterocycles. The Hall–Kier alpha value is -1.63. The third kappa shape index (κ3) is 4.81. The second-order valence-corrected chi connectivity index (χ2v) is 4.15. The van der Waals surface area contributed by atoms with E-state index in [-0.39, 0.29) is 12.6 Å². The fourth-order valence-electron chi connectivity index (χ4n) is 1.12. The monoisotopic (exact) mass is 257 g/mol. The fraction of sp³-hybridized carbons (Fsp3) is 0.500. The fourth-order valence-corrected chi connectivity index (χ4v) is 1.77. The predicted molar refractivity (Wildman–Crippen MR) is 63.7 cm³/mol. The van der Waals surface area contributed by atoms with Gasteiger partial charge in [-0.25, -0.2) is 9.78 Å². The Balaban J connectivity index is 2.28. The topological polar surface area (TPSA) is 80.3 Å². The number of esters is 1. The number of carbonyl (C=O) groups is 2. The number of amides is 2. The Morgan fingerprint density at radius 1 is 1.59 bits per heavy atom. The highest BCUT2D eigenvalue weighted by molar-refractivity contribution is 7.09. The smallest absolute Gasteiger partial charge is 0.325 e. The van der Waals surface area contributed by atoms with Gasteiger partial charge in [-0.3, -0.25) is 4.79 Å². The molecule has 0 saturated heterocycles. The summed E-state index contributed by atoms with van der Waals surface area (Å²) in [5, 5.41) is 7.74. The molecule has 94 valence electrons. The van der Waals surface area contributed by atoms with E-state index in [1.807, 2.05) is 12.3 Å². The zero-order valence-corrected chi connectivity index (χ0v) is 10.5. The summed E-state index contributed by atoms with van der Waals surface area (Å²) in [5.41, 5.74) is 0. The molecule has 0 fully saturated rings. The van der Waals surface area contributed by atoms with Crippen molar-refractivity contribution in [2.24, 2.45) is 0 Å². The number of aromatic nitrogens is 1. The number of carbonyl (C=O) groups excluding carboxylic acids is 2. The zero-order valence-electron chi connectivity index (χ0n) is 9.73. The van der Waals surface area contributed by atoms with E-state index in [4.69, 9.17) is 0 Å². The molecule has 1 atom stereocenters. The average Bonchev–Trinajstić information content (AvgIpc) is 2.80. The van der Waals surface area contributed by atoms with E-state index in [1.165, 1.54) is 11.3 Å². The van der Waals surface area contributed by atoms with Crippen molar-refractivity contribution in [2.45, 2.75) is 19.9 Å². The summed E-state index contributed by atoms with van der Waals surface area (Å²) in [5.74, 6) is -0.454. The average molecular weight is 257 g/mol. The van der Waals surface area contributed by atoms with Gasteiger partial charge < -0.3 is 15.4 Å². The summed E-state index contributed by atoms with van der Waals surface area (Å²) >= 11 is 1.46. The van der Waals surface area contributed by atoms with Crippen LogP contribution < -0.4 is 10.6 Å². The standard InChI is InChI=1S/C10H15N3O3S/c1-3-16-8(14)6-12-10(15)13-7(2)9-11-4-5-17-9/h4-5,7H,3,6H2,1-2H3,(H2,12,13,15). The first kappa shape index (κ1) is 13.4. The number of thiazole rings is 1. The van der Waals surface area contributed by atoms with Crippen molar-refractivity contribution < 1.29 is 14.3 Å². The van der Waals surface area contributed by atoms with Crippen molar-refractivity contribution in [1.29, 1.82) is 0 Å². The van der Waals surface area contributed by atoms with Crippen LogP contribution in [0.15, 0.2) is 11.6 Å². The van der Waals surface area contributed by atoms with Gasteiger partial charge in [-0.2, -0.15) is 0 Å². The quantitative estimate of drug-likeness (QED) is 0.773. The highest BCUT2D eigenvalue weighted by Crippen LogP contribution is 2.13. The molecule has 0 saturated carbocycles. The van der Waals surface area contributed by atoms with E-state index in [0.29, 0.717) is 6.61 Å². The van der Waals surface area contributed by atoms with Crippen LogP contribution in [0.25, 0.3) is 0 Å². The number of rotatable bonds is 5. The Kier molecular flexibility index (Phi) is 5.41. The number of ether oxygens (including phenoxy) is 1. The molecule has 1 heterocycles. The van der Waals surface area contributed by atoms with E-state index in [2.05, 4.69) is 20.4 Å². The molecule has 1 aromatic heterocycles. The lowest BCUT2D eigenvalue weighted by Gasteiger charge is -2.11. The Labute approximate surface area is 103 Å². The van der Waals surface area contributed by atoms with E-state index in [1.54, 1.807) is 13.1 Å². The third-order valence-electron chi connectivity index (χ3n) is 1.87. The molecule has 0 aromatic carbocycles. The molecule has 6 nitrogen and oxygen atoms in total. The molecule has 0 bridgehead atoms. The van der Waals surface area contributed by atoms with Crippen molar-refractivity contribution in [1.82, 2.24) is 15.6 Å². The van der Waals surface area contributed by atoms with Gasteiger partial charge in [0.1, 0.15) is 11.6 Å². The van der Waals surface area contributed by atoms with Gasteiger partial charge in [0.15, 0.2) is 0 Å². The van der Waals surface area contributed by atoms with Gasteiger partial charge in [-0.15, -0.1) is 11.3 Å². The molecular formula is C10H15N3O3S. The molecule has 2 N–H and O–H groups in total. The number of hydrogen-bond donors (Lipinski definition) is 2. The van der Waals surface area contributed by atoms with Gasteiger partial charge >= 0.3 is 12.0 Å². The van der Waals surface area contributed by atoms with E-state index in [0.717, 1.165) is 5.01 Å². The molecular weight excluding hydrogens is 242 g/mol. The number of nitrogens with zero attached hydrogens (tertiary/aromatic N) is 1. The van der Waals surface area contributed by atoms with Crippen LogP contribution in [-0.2, 0) is 9.53 Å². The number of hydrogen-bond acceptors (Lipinski definition) is 5. The zero-order chi connectivity index (χ0) is 12.7. The third-order valence-corrected chi connectivity index (χ3v) is 2.83. The van der Waals surface area contributed by atoms with Crippen LogP contribution in [-0.4, -0.2) is 30.1 Å². The van der Waals surface area contributed by atoms with Crippen LogP contribution in [0.2, 0.25) is 0 Å². The molecule has 17 heavy (non-hydrogen) atoms. The van der Waals surface area contributed by atoms with Crippen molar-refractivity contribution in [3.63, 3.8) is 0 Å². The molecule has 0 spiro atoms. The van der Waals surface area contributed by atoms with Gasteiger partial charge in [-0.1, -0.05) is 0 Å². The summed E-state index contributed by atoms with van der Waals surface area (Å²) in [7, 11) is 0. The highest BCUT2D eigenvalue weighted by Gasteiger charge is 2.12. The predicted octanol–water partition coefficient (Wildman–Crippen LogP) is 1.07. The molecule has 1 unspecified atom stereocenters. The van der Waals surface area contributed by atoms with Gasteiger partial charge in [0.25, 0.3) is 0 Å². The van der Waals surface area contributed by atoms with E-state index < -0.39 is 12.0 Å². The normalized spacial score (nSPS) is 11.6. The van der Waals surface area contributed by atoms with E-state index in [9.17, 15) is 9.59 Å². The lowest BCUT2D eigenvalue weighted by atomic mass is 10.4. The maximum Gasteiger partial charge on any atom is 0.325 e. The van der Waals surface area contributed by atoms with Crippen molar-refractivity contribution in [3.8, 4) is 0 Å². The Morgan fingerprint density at radius 3 is 2.94 bits per heavy atom. The van der Waals surface area contributed by atoms with Crippen LogP contribution in [0.3, 0.4) is 0 Å². The minimum atomic E-state index is -0.454. The first-order valence-electron chi connectivity index (χ1n) is 5.22. The lowest BCUT2D eigenvalue weighted by Crippen LogP contribution is -2.40. The molecule has 0 radical (unpaired) electrons. The number of nitrogens with one attached hydrogen (secondary N) is 2. The molecule has 2 amide bonds. The first-order valence-corrected chi connectivity index (χ1v) is 6.10.